The molecule has 0 bridgehead atoms. The Morgan fingerprint density at radius 1 is 0.865 bits per heavy atom. The van der Waals surface area contributed by atoms with Gasteiger partial charge in [0.15, 0.2) is 0 Å². The van der Waals surface area contributed by atoms with Crippen LogP contribution < -0.4 is 10.4 Å². The van der Waals surface area contributed by atoms with Crippen LogP contribution in [-0.2, 0) is 23.8 Å². The van der Waals surface area contributed by atoms with Gasteiger partial charge in [-0.05, 0) is 23.2 Å². The number of esters is 2. The molecule has 0 saturated carbocycles. The van der Waals surface area contributed by atoms with Crippen molar-refractivity contribution in [1.29, 1.82) is 0 Å². The van der Waals surface area contributed by atoms with Gasteiger partial charge in [-0.1, -0.05) is 98.7 Å². The molecule has 0 radical (unpaired) electrons. The summed E-state index contributed by atoms with van der Waals surface area (Å²) in [6.07, 6.45) is 0.0956. The monoisotopic (exact) mass is 520 g/mol. The van der Waals surface area contributed by atoms with Gasteiger partial charge in [0.05, 0.1) is 26.6 Å². The number of furan rings is 1. The maximum Gasteiger partial charge on any atom is 0.326 e. The van der Waals surface area contributed by atoms with E-state index >= 15 is 0 Å². The van der Waals surface area contributed by atoms with Crippen LogP contribution in [0.5, 0.6) is 0 Å². The van der Waals surface area contributed by atoms with Crippen molar-refractivity contribution < 1.29 is 28.2 Å². The number of rotatable bonds is 7. The van der Waals surface area contributed by atoms with E-state index in [0.29, 0.717) is 11.8 Å². The summed E-state index contributed by atoms with van der Waals surface area (Å²) >= 11 is 0. The molecular formula is C30H36O6Si. The molecule has 1 saturated heterocycles. The molecule has 1 aliphatic rings. The minimum Gasteiger partial charge on any atom is -0.468 e. The third-order valence-electron chi connectivity index (χ3n) is 8.17. The number of hydrogen-bond acceptors (Lipinski definition) is 6. The van der Waals surface area contributed by atoms with Crippen LogP contribution in [0.1, 0.15) is 39.6 Å². The Morgan fingerprint density at radius 3 is 1.78 bits per heavy atom. The highest BCUT2D eigenvalue weighted by molar-refractivity contribution is 7.04. The second-order valence-corrected chi connectivity index (χ2v) is 15.7. The standard InChI is InChI=1S/C30H36O6Si/c1-21-25(36-26(24-18-13-19-35-24)30(21,27(31)33-5)28(32)34-6)20-37(29(2,3)4,22-14-9-7-10-15-22)23-16-11-8-12-17-23/h7-19,21,25-26H,20H2,1-6H3. The molecule has 1 fully saturated rings. The van der Waals surface area contributed by atoms with Crippen molar-refractivity contribution in [3.8, 4) is 0 Å². The number of benzene rings is 2. The molecule has 196 valence electrons. The summed E-state index contributed by atoms with van der Waals surface area (Å²) in [4.78, 5) is 26.9. The molecule has 7 heteroatoms. The highest BCUT2D eigenvalue weighted by atomic mass is 28.3. The van der Waals surface area contributed by atoms with Crippen LogP contribution in [0.3, 0.4) is 0 Å². The van der Waals surface area contributed by atoms with Crippen LogP contribution in [0.15, 0.2) is 83.5 Å². The minimum atomic E-state index is -2.58. The molecule has 2 heterocycles. The SMILES string of the molecule is COC(=O)C1(C(=O)OC)C(c2ccco2)OC(C[Si](c2ccccc2)(c2ccccc2)C(C)(C)C)C1C. The molecule has 2 aromatic carbocycles. The molecule has 6 nitrogen and oxygen atoms in total. The molecule has 0 N–H and O–H groups in total. The number of carbonyl (C=O) groups is 2. The third kappa shape index (κ3) is 4.24. The van der Waals surface area contributed by atoms with Gasteiger partial charge in [-0.25, -0.2) is 0 Å². The summed E-state index contributed by atoms with van der Waals surface area (Å²) in [7, 11) is -0.0106. The van der Waals surface area contributed by atoms with Crippen molar-refractivity contribution in [3.63, 3.8) is 0 Å². The zero-order chi connectivity index (χ0) is 26.8. The summed E-state index contributed by atoms with van der Waals surface area (Å²) in [6.45, 7) is 8.71. The first-order valence-corrected chi connectivity index (χ1v) is 14.8. The van der Waals surface area contributed by atoms with Gasteiger partial charge in [-0.3, -0.25) is 9.59 Å². The van der Waals surface area contributed by atoms with Crippen molar-refractivity contribution in [1.82, 2.24) is 0 Å². The smallest absolute Gasteiger partial charge is 0.326 e. The Hall–Kier alpha value is -3.16. The largest absolute Gasteiger partial charge is 0.468 e. The maximum atomic E-state index is 13.5. The van der Waals surface area contributed by atoms with Gasteiger partial charge >= 0.3 is 11.9 Å². The van der Waals surface area contributed by atoms with Gasteiger partial charge in [0, 0.05) is 5.92 Å². The van der Waals surface area contributed by atoms with Crippen LogP contribution >= 0.6 is 0 Å². The van der Waals surface area contributed by atoms with E-state index in [0.717, 1.165) is 0 Å². The molecule has 37 heavy (non-hydrogen) atoms. The lowest BCUT2D eigenvalue weighted by Gasteiger charge is -2.46. The van der Waals surface area contributed by atoms with Crippen molar-refractivity contribution >= 4 is 30.4 Å². The summed E-state index contributed by atoms with van der Waals surface area (Å²) in [6, 6.07) is 25.2. The van der Waals surface area contributed by atoms with Gasteiger partial charge in [0.2, 0.25) is 5.41 Å². The van der Waals surface area contributed by atoms with E-state index in [2.05, 4.69) is 69.3 Å². The van der Waals surface area contributed by atoms with E-state index in [4.69, 9.17) is 18.6 Å². The molecule has 4 rings (SSSR count). The van der Waals surface area contributed by atoms with Crippen LogP contribution in [-0.4, -0.2) is 40.3 Å². The lowest BCUT2D eigenvalue weighted by atomic mass is 9.71. The Labute approximate surface area is 219 Å². The second kappa shape index (κ2) is 10.3. The minimum absolute atomic E-state index is 0.124. The Morgan fingerprint density at radius 2 is 1.38 bits per heavy atom. The lowest BCUT2D eigenvalue weighted by molar-refractivity contribution is -0.177. The van der Waals surface area contributed by atoms with Crippen LogP contribution in [0, 0.1) is 11.3 Å². The quantitative estimate of drug-likeness (QED) is 0.254. The van der Waals surface area contributed by atoms with Crippen molar-refractivity contribution in [2.75, 3.05) is 14.2 Å². The van der Waals surface area contributed by atoms with Crippen molar-refractivity contribution in [2.45, 2.75) is 51.0 Å². The zero-order valence-corrected chi connectivity index (χ0v) is 23.4. The molecule has 1 aromatic heterocycles. The van der Waals surface area contributed by atoms with E-state index in [1.165, 1.54) is 30.9 Å². The van der Waals surface area contributed by atoms with Crippen LogP contribution in [0.25, 0.3) is 0 Å². The zero-order valence-electron chi connectivity index (χ0n) is 22.4. The molecule has 3 atom stereocenters. The van der Waals surface area contributed by atoms with Gasteiger partial charge in [0.1, 0.15) is 19.9 Å². The van der Waals surface area contributed by atoms with Gasteiger partial charge in [-0.15, -0.1) is 0 Å². The number of hydrogen-bond donors (Lipinski definition) is 0. The van der Waals surface area contributed by atoms with E-state index in [1.54, 1.807) is 12.1 Å². The number of ether oxygens (including phenoxy) is 3. The van der Waals surface area contributed by atoms with Gasteiger partial charge < -0.3 is 18.6 Å². The predicted molar refractivity (Wildman–Crippen MR) is 144 cm³/mol. The maximum absolute atomic E-state index is 13.5. The van der Waals surface area contributed by atoms with Crippen molar-refractivity contribution in [3.05, 3.63) is 84.8 Å². The van der Waals surface area contributed by atoms with E-state index in [-0.39, 0.29) is 5.04 Å². The number of carbonyl (C=O) groups excluding carboxylic acids is 2. The average molecular weight is 521 g/mol. The Kier molecular flexibility index (Phi) is 7.49. The fraction of sp³-hybridized carbons (Fsp3) is 0.400. The summed E-state index contributed by atoms with van der Waals surface area (Å²) in [5.74, 6) is -1.51. The Bertz CT molecular complexity index is 1140. The van der Waals surface area contributed by atoms with E-state index in [1.807, 2.05) is 19.1 Å². The first kappa shape index (κ1) is 26.9. The third-order valence-corrected chi connectivity index (χ3v) is 14.4. The van der Waals surface area contributed by atoms with Crippen LogP contribution in [0.4, 0.5) is 0 Å². The molecule has 3 unspecified atom stereocenters. The average Bonchev–Trinajstić information content (AvgIpc) is 3.53. The fourth-order valence-corrected chi connectivity index (χ4v) is 11.9. The van der Waals surface area contributed by atoms with E-state index in [9.17, 15) is 9.59 Å². The first-order valence-electron chi connectivity index (χ1n) is 12.6. The molecular weight excluding hydrogens is 484 g/mol. The number of methoxy groups -OCH3 is 2. The Balaban J connectivity index is 1.93. The highest BCUT2D eigenvalue weighted by Crippen LogP contribution is 2.56. The lowest BCUT2D eigenvalue weighted by Crippen LogP contribution is -2.65. The van der Waals surface area contributed by atoms with Gasteiger partial charge in [-0.2, -0.15) is 0 Å². The molecule has 0 spiro atoms. The first-order chi connectivity index (χ1) is 17.6. The summed E-state index contributed by atoms with van der Waals surface area (Å²) in [5, 5.41) is 2.42. The van der Waals surface area contributed by atoms with E-state index < -0.39 is 43.6 Å². The fourth-order valence-electron chi connectivity index (χ4n) is 6.22. The normalized spacial score (nSPS) is 21.4. The summed E-state index contributed by atoms with van der Waals surface area (Å²) in [5.41, 5.74) is -1.70. The van der Waals surface area contributed by atoms with Crippen LogP contribution in [0.2, 0.25) is 11.1 Å². The molecule has 1 aliphatic heterocycles. The topological polar surface area (TPSA) is 75.0 Å². The predicted octanol–water partition coefficient (Wildman–Crippen LogP) is 4.75. The molecule has 0 amide bonds. The highest BCUT2D eigenvalue weighted by Gasteiger charge is 2.68. The van der Waals surface area contributed by atoms with Crippen molar-refractivity contribution in [2.24, 2.45) is 11.3 Å². The summed E-state index contributed by atoms with van der Waals surface area (Å²) < 4.78 is 22.9. The second-order valence-electron chi connectivity index (χ2n) is 10.8. The van der Waals surface area contributed by atoms with Gasteiger partial charge in [0.25, 0.3) is 0 Å². The molecule has 3 aromatic rings. The molecule has 0 aliphatic carbocycles.